The fourth-order valence-corrected chi connectivity index (χ4v) is 3.09. The van der Waals surface area contributed by atoms with E-state index in [1.165, 1.54) is 23.5 Å². The number of amides is 1. The summed E-state index contributed by atoms with van der Waals surface area (Å²) in [5.41, 5.74) is -0.287. The Kier molecular flexibility index (Phi) is 5.71. The average Bonchev–Trinajstić information content (AvgIpc) is 3.04. The first-order valence-corrected chi connectivity index (χ1v) is 8.75. The van der Waals surface area contributed by atoms with Crippen LogP contribution in [0.3, 0.4) is 0 Å². The number of nitro benzene ring substituents is 1. The lowest BCUT2D eigenvalue weighted by Gasteiger charge is -2.33. The Labute approximate surface area is 154 Å². The van der Waals surface area contributed by atoms with E-state index in [1.807, 2.05) is 13.8 Å². The molecule has 1 aromatic heterocycles. The maximum atomic E-state index is 12.5. The summed E-state index contributed by atoms with van der Waals surface area (Å²) in [5, 5.41) is 24.7. The first kappa shape index (κ1) is 19.5. The molecule has 1 amide bonds. The Morgan fingerprint density at radius 1 is 1.42 bits per heavy atom. The minimum Gasteiger partial charge on any atom is -0.481 e. The van der Waals surface area contributed by atoms with Crippen LogP contribution in [0.4, 0.5) is 5.69 Å². The molecule has 2 rings (SSSR count). The number of aliphatic carboxylic acids is 1. The number of nitrogens with one attached hydrogen (secondary N) is 1. The fourth-order valence-electron chi connectivity index (χ4n) is 2.29. The molecular weight excluding hydrogens is 358 g/mol. The summed E-state index contributed by atoms with van der Waals surface area (Å²) in [6, 6.07) is 6.00. The SMILES string of the molecule is CC(C)C(C)(CC(=O)O)NC(=O)c1csc(-c2cccc([N+](=O)[O-])c2)n1. The highest BCUT2D eigenvalue weighted by molar-refractivity contribution is 7.13. The van der Waals surface area contributed by atoms with Crippen molar-refractivity contribution in [2.45, 2.75) is 32.7 Å². The van der Waals surface area contributed by atoms with E-state index in [9.17, 15) is 19.7 Å². The second kappa shape index (κ2) is 7.61. The third-order valence-corrected chi connectivity index (χ3v) is 5.12. The summed E-state index contributed by atoms with van der Waals surface area (Å²) in [5.74, 6) is -1.58. The van der Waals surface area contributed by atoms with Crippen molar-refractivity contribution in [3.05, 3.63) is 45.5 Å². The molecule has 0 aliphatic rings. The van der Waals surface area contributed by atoms with Crippen molar-refractivity contribution in [3.63, 3.8) is 0 Å². The Morgan fingerprint density at radius 3 is 2.69 bits per heavy atom. The van der Waals surface area contributed by atoms with Gasteiger partial charge in [0, 0.05) is 23.1 Å². The number of carbonyl (C=O) groups excluding carboxylic acids is 1. The van der Waals surface area contributed by atoms with Gasteiger partial charge in [0.15, 0.2) is 0 Å². The molecule has 0 aliphatic heterocycles. The van der Waals surface area contributed by atoms with E-state index >= 15 is 0 Å². The van der Waals surface area contributed by atoms with Crippen molar-refractivity contribution >= 4 is 28.9 Å². The normalized spacial score (nSPS) is 13.2. The number of nitrogens with zero attached hydrogens (tertiary/aromatic N) is 2. The summed E-state index contributed by atoms with van der Waals surface area (Å²) in [6.07, 6.45) is -0.210. The van der Waals surface area contributed by atoms with Gasteiger partial charge in [-0.1, -0.05) is 26.0 Å². The standard InChI is InChI=1S/C17H19N3O5S/c1-10(2)17(3,8-14(21)22)19-15(23)13-9-26-16(18-13)11-5-4-6-12(7-11)20(24)25/h4-7,9-10H,8H2,1-3H3,(H,19,23)(H,21,22). The third-order valence-electron chi connectivity index (χ3n) is 4.23. The molecule has 1 heterocycles. The van der Waals surface area contributed by atoms with Crippen LogP contribution in [0.15, 0.2) is 29.6 Å². The molecular formula is C17H19N3O5S. The van der Waals surface area contributed by atoms with Gasteiger partial charge in [-0.15, -0.1) is 11.3 Å². The predicted octanol–water partition coefficient (Wildman–Crippen LogP) is 3.34. The lowest BCUT2D eigenvalue weighted by molar-refractivity contribution is -0.384. The number of carboxylic acids is 1. The predicted molar refractivity (Wildman–Crippen MR) is 97.2 cm³/mol. The second-order valence-corrected chi connectivity index (χ2v) is 7.30. The van der Waals surface area contributed by atoms with Crippen LogP contribution >= 0.6 is 11.3 Å². The Morgan fingerprint density at radius 2 is 2.12 bits per heavy atom. The molecule has 0 spiro atoms. The number of rotatable bonds is 7. The molecule has 26 heavy (non-hydrogen) atoms. The van der Waals surface area contributed by atoms with Crippen LogP contribution in [0, 0.1) is 16.0 Å². The summed E-state index contributed by atoms with van der Waals surface area (Å²) in [7, 11) is 0. The first-order valence-electron chi connectivity index (χ1n) is 7.87. The van der Waals surface area contributed by atoms with Gasteiger partial charge >= 0.3 is 5.97 Å². The average molecular weight is 377 g/mol. The molecule has 0 saturated carbocycles. The van der Waals surface area contributed by atoms with E-state index in [0.29, 0.717) is 10.6 Å². The van der Waals surface area contributed by atoms with Crippen molar-refractivity contribution < 1.29 is 19.6 Å². The zero-order chi connectivity index (χ0) is 19.5. The van der Waals surface area contributed by atoms with E-state index in [0.717, 1.165) is 0 Å². The first-order chi connectivity index (χ1) is 12.1. The highest BCUT2D eigenvalue weighted by Crippen LogP contribution is 2.27. The van der Waals surface area contributed by atoms with E-state index < -0.39 is 22.3 Å². The van der Waals surface area contributed by atoms with Gasteiger partial charge in [-0.25, -0.2) is 4.98 Å². The van der Waals surface area contributed by atoms with Gasteiger partial charge in [0.1, 0.15) is 10.7 Å². The van der Waals surface area contributed by atoms with E-state index in [4.69, 9.17) is 5.11 Å². The van der Waals surface area contributed by atoms with Gasteiger partial charge in [0.25, 0.3) is 11.6 Å². The van der Waals surface area contributed by atoms with Crippen molar-refractivity contribution in [1.82, 2.24) is 10.3 Å². The number of hydrogen-bond acceptors (Lipinski definition) is 6. The Balaban J connectivity index is 2.23. The number of carboxylic acid groups (broad SMARTS) is 1. The van der Waals surface area contributed by atoms with E-state index in [-0.39, 0.29) is 23.7 Å². The van der Waals surface area contributed by atoms with Gasteiger partial charge in [-0.2, -0.15) is 0 Å². The van der Waals surface area contributed by atoms with Crippen LogP contribution in [0.5, 0.6) is 0 Å². The molecule has 9 heteroatoms. The summed E-state index contributed by atoms with van der Waals surface area (Å²) in [4.78, 5) is 38.2. The lowest BCUT2D eigenvalue weighted by atomic mass is 9.85. The molecule has 2 N–H and O–H groups in total. The number of thiazole rings is 1. The van der Waals surface area contributed by atoms with E-state index in [1.54, 1.807) is 24.4 Å². The minimum atomic E-state index is -1.00. The maximum absolute atomic E-state index is 12.5. The molecule has 0 fully saturated rings. The largest absolute Gasteiger partial charge is 0.481 e. The maximum Gasteiger partial charge on any atom is 0.305 e. The van der Waals surface area contributed by atoms with Crippen LogP contribution in [-0.4, -0.2) is 32.4 Å². The molecule has 8 nitrogen and oxygen atoms in total. The molecule has 0 bridgehead atoms. The smallest absolute Gasteiger partial charge is 0.305 e. The molecule has 1 unspecified atom stereocenters. The topological polar surface area (TPSA) is 122 Å². The van der Waals surface area contributed by atoms with Gasteiger partial charge in [-0.3, -0.25) is 19.7 Å². The molecule has 0 aliphatic carbocycles. The molecule has 1 aromatic carbocycles. The van der Waals surface area contributed by atoms with Crippen LogP contribution in [-0.2, 0) is 4.79 Å². The van der Waals surface area contributed by atoms with Crippen molar-refractivity contribution in [2.75, 3.05) is 0 Å². The molecule has 0 radical (unpaired) electrons. The number of hydrogen-bond donors (Lipinski definition) is 2. The lowest BCUT2D eigenvalue weighted by Crippen LogP contribution is -2.51. The number of carbonyl (C=O) groups is 2. The van der Waals surface area contributed by atoms with Gasteiger partial charge in [0.2, 0.25) is 0 Å². The molecule has 1 atom stereocenters. The van der Waals surface area contributed by atoms with Crippen molar-refractivity contribution in [2.24, 2.45) is 5.92 Å². The molecule has 138 valence electrons. The number of non-ortho nitro benzene ring substituents is 1. The number of aromatic nitrogens is 1. The van der Waals surface area contributed by atoms with Crippen molar-refractivity contribution in [3.8, 4) is 10.6 Å². The summed E-state index contributed by atoms with van der Waals surface area (Å²) >= 11 is 1.19. The molecule has 0 saturated heterocycles. The van der Waals surface area contributed by atoms with Crippen LogP contribution in [0.2, 0.25) is 0 Å². The fraction of sp³-hybridized carbons (Fsp3) is 0.353. The zero-order valence-corrected chi connectivity index (χ0v) is 15.4. The van der Waals surface area contributed by atoms with Crippen LogP contribution in [0.25, 0.3) is 10.6 Å². The highest BCUT2D eigenvalue weighted by atomic mass is 32.1. The number of benzene rings is 1. The highest BCUT2D eigenvalue weighted by Gasteiger charge is 2.33. The van der Waals surface area contributed by atoms with Crippen LogP contribution < -0.4 is 5.32 Å². The minimum absolute atomic E-state index is 0.0578. The second-order valence-electron chi connectivity index (χ2n) is 6.44. The van der Waals surface area contributed by atoms with Gasteiger partial charge < -0.3 is 10.4 Å². The Bertz CT molecular complexity index is 848. The molecule has 2 aromatic rings. The quantitative estimate of drug-likeness (QED) is 0.563. The summed E-state index contributed by atoms with van der Waals surface area (Å²) in [6.45, 7) is 5.34. The van der Waals surface area contributed by atoms with E-state index in [2.05, 4.69) is 10.3 Å². The van der Waals surface area contributed by atoms with Gasteiger partial charge in [-0.05, 0) is 12.8 Å². The van der Waals surface area contributed by atoms with Crippen molar-refractivity contribution in [1.29, 1.82) is 0 Å². The third kappa shape index (κ3) is 4.42. The van der Waals surface area contributed by atoms with Crippen LogP contribution in [0.1, 0.15) is 37.7 Å². The Hall–Kier alpha value is -2.81. The number of nitro groups is 1. The van der Waals surface area contributed by atoms with Gasteiger partial charge in [0.05, 0.1) is 16.9 Å². The summed E-state index contributed by atoms with van der Waals surface area (Å²) < 4.78 is 0. The monoisotopic (exact) mass is 377 g/mol. The zero-order valence-electron chi connectivity index (χ0n) is 14.6.